The van der Waals surface area contributed by atoms with Gasteiger partial charge in [-0.25, -0.2) is 9.67 Å². The van der Waals surface area contributed by atoms with E-state index in [0.717, 1.165) is 12.8 Å². The standard InChI is InChI=1S/C14H15Cl2N3O/c1-2-3-7-20-13(8-19-10-17-9-18-19)14-11(15)5-4-6-12(14)16/h4-6,8-10H,2-3,7H2,1H3. The molecule has 0 unspecified atom stereocenters. The Balaban J connectivity index is 2.35. The lowest BCUT2D eigenvalue weighted by Gasteiger charge is -2.13. The molecule has 2 aromatic rings. The topological polar surface area (TPSA) is 39.9 Å². The Kier molecular flexibility index (Phi) is 5.44. The van der Waals surface area contributed by atoms with Gasteiger partial charge in [0, 0.05) is 0 Å². The van der Waals surface area contributed by atoms with Gasteiger partial charge < -0.3 is 4.74 Å². The number of hydrogen-bond acceptors (Lipinski definition) is 3. The van der Waals surface area contributed by atoms with Crippen LogP contribution < -0.4 is 0 Å². The molecule has 0 N–H and O–H groups in total. The van der Waals surface area contributed by atoms with Crippen molar-refractivity contribution in [1.82, 2.24) is 14.8 Å². The van der Waals surface area contributed by atoms with E-state index in [-0.39, 0.29) is 0 Å². The zero-order valence-electron chi connectivity index (χ0n) is 11.1. The van der Waals surface area contributed by atoms with E-state index in [0.29, 0.717) is 28.0 Å². The van der Waals surface area contributed by atoms with Crippen molar-refractivity contribution >= 4 is 35.2 Å². The molecular weight excluding hydrogens is 297 g/mol. The number of halogens is 2. The van der Waals surface area contributed by atoms with Gasteiger partial charge in [0.1, 0.15) is 18.4 Å². The first kappa shape index (κ1) is 14.9. The number of nitrogens with zero attached hydrogens (tertiary/aromatic N) is 3. The van der Waals surface area contributed by atoms with Crippen LogP contribution in [0.3, 0.4) is 0 Å². The third-order valence-electron chi connectivity index (χ3n) is 2.65. The van der Waals surface area contributed by atoms with Crippen LogP contribution in [-0.4, -0.2) is 21.4 Å². The predicted octanol–water partition coefficient (Wildman–Crippen LogP) is 4.36. The van der Waals surface area contributed by atoms with Crippen molar-refractivity contribution in [1.29, 1.82) is 0 Å². The third kappa shape index (κ3) is 3.74. The largest absolute Gasteiger partial charge is 0.491 e. The fourth-order valence-corrected chi connectivity index (χ4v) is 2.22. The molecule has 0 atom stereocenters. The van der Waals surface area contributed by atoms with Crippen LogP contribution in [0.1, 0.15) is 25.3 Å². The quantitative estimate of drug-likeness (QED) is 0.588. The summed E-state index contributed by atoms with van der Waals surface area (Å²) in [6, 6.07) is 5.36. The number of hydrogen-bond donors (Lipinski definition) is 0. The molecule has 0 amide bonds. The minimum Gasteiger partial charge on any atom is -0.491 e. The zero-order valence-corrected chi connectivity index (χ0v) is 12.6. The normalized spacial score (nSPS) is 11.7. The number of ether oxygens (including phenoxy) is 1. The van der Waals surface area contributed by atoms with Crippen molar-refractivity contribution in [2.45, 2.75) is 19.8 Å². The summed E-state index contributed by atoms with van der Waals surface area (Å²) in [7, 11) is 0. The van der Waals surface area contributed by atoms with E-state index in [2.05, 4.69) is 17.0 Å². The lowest BCUT2D eigenvalue weighted by Crippen LogP contribution is -1.99. The van der Waals surface area contributed by atoms with Gasteiger partial charge >= 0.3 is 0 Å². The molecule has 0 saturated heterocycles. The van der Waals surface area contributed by atoms with Gasteiger partial charge in [-0.15, -0.1) is 0 Å². The Bertz CT molecular complexity index is 562. The SMILES string of the molecule is CCCCOC(=Cn1cncn1)c1c(Cl)cccc1Cl. The van der Waals surface area contributed by atoms with Crippen LogP contribution in [0.15, 0.2) is 30.9 Å². The van der Waals surface area contributed by atoms with Crippen molar-refractivity contribution in [3.05, 3.63) is 46.5 Å². The predicted molar refractivity (Wildman–Crippen MR) is 81.5 cm³/mol. The summed E-state index contributed by atoms with van der Waals surface area (Å²) in [6.45, 7) is 2.70. The number of rotatable bonds is 6. The average Bonchev–Trinajstić information content (AvgIpc) is 2.91. The fraction of sp³-hybridized carbons (Fsp3) is 0.286. The van der Waals surface area contributed by atoms with Gasteiger partial charge in [-0.1, -0.05) is 42.6 Å². The van der Waals surface area contributed by atoms with Crippen molar-refractivity contribution < 1.29 is 4.74 Å². The highest BCUT2D eigenvalue weighted by atomic mass is 35.5. The van der Waals surface area contributed by atoms with Gasteiger partial charge in [-0.3, -0.25) is 0 Å². The summed E-state index contributed by atoms with van der Waals surface area (Å²) in [6.07, 6.45) is 6.75. The fourth-order valence-electron chi connectivity index (χ4n) is 1.64. The molecule has 6 heteroatoms. The molecule has 0 bridgehead atoms. The summed E-state index contributed by atoms with van der Waals surface area (Å²) in [5.74, 6) is 0.583. The number of unbranched alkanes of at least 4 members (excludes halogenated alkanes) is 1. The highest BCUT2D eigenvalue weighted by Crippen LogP contribution is 2.32. The van der Waals surface area contributed by atoms with E-state index < -0.39 is 0 Å². The maximum absolute atomic E-state index is 6.23. The van der Waals surface area contributed by atoms with E-state index in [9.17, 15) is 0 Å². The summed E-state index contributed by atoms with van der Waals surface area (Å²) in [4.78, 5) is 3.90. The molecule has 0 radical (unpaired) electrons. The van der Waals surface area contributed by atoms with Crippen LogP contribution in [0, 0.1) is 0 Å². The monoisotopic (exact) mass is 311 g/mol. The Morgan fingerprint density at radius 2 is 2.10 bits per heavy atom. The van der Waals surface area contributed by atoms with Crippen LogP contribution in [0.4, 0.5) is 0 Å². The molecule has 0 saturated carbocycles. The van der Waals surface area contributed by atoms with E-state index in [1.165, 1.54) is 6.33 Å². The molecule has 0 aliphatic rings. The van der Waals surface area contributed by atoms with Crippen molar-refractivity contribution in [2.75, 3.05) is 6.61 Å². The molecule has 0 aliphatic carbocycles. The first-order valence-corrected chi connectivity index (χ1v) is 7.11. The summed E-state index contributed by atoms with van der Waals surface area (Å²) in [5, 5.41) is 5.12. The molecule has 1 aromatic carbocycles. The van der Waals surface area contributed by atoms with E-state index in [1.807, 2.05) is 0 Å². The van der Waals surface area contributed by atoms with Crippen LogP contribution in [-0.2, 0) is 4.74 Å². The molecule has 4 nitrogen and oxygen atoms in total. The third-order valence-corrected chi connectivity index (χ3v) is 3.28. The second-order valence-electron chi connectivity index (χ2n) is 4.17. The van der Waals surface area contributed by atoms with Gasteiger partial charge in [0.05, 0.1) is 28.4 Å². The minimum atomic E-state index is 0.542. The van der Waals surface area contributed by atoms with Gasteiger partial charge in [-0.05, 0) is 18.6 Å². The van der Waals surface area contributed by atoms with Gasteiger partial charge in [0.15, 0.2) is 0 Å². The maximum atomic E-state index is 6.23. The highest BCUT2D eigenvalue weighted by molar-refractivity contribution is 6.37. The van der Waals surface area contributed by atoms with E-state index >= 15 is 0 Å². The van der Waals surface area contributed by atoms with Gasteiger partial charge in [0.2, 0.25) is 0 Å². The van der Waals surface area contributed by atoms with Crippen LogP contribution in [0.2, 0.25) is 10.0 Å². The molecule has 20 heavy (non-hydrogen) atoms. The Labute approximate surface area is 128 Å². The lowest BCUT2D eigenvalue weighted by molar-refractivity contribution is 0.271. The molecular formula is C14H15Cl2N3O. The van der Waals surface area contributed by atoms with Crippen LogP contribution >= 0.6 is 23.2 Å². The first-order chi connectivity index (χ1) is 9.72. The highest BCUT2D eigenvalue weighted by Gasteiger charge is 2.13. The first-order valence-electron chi connectivity index (χ1n) is 6.35. The van der Waals surface area contributed by atoms with Gasteiger partial charge in [0.25, 0.3) is 0 Å². The second kappa shape index (κ2) is 7.31. The summed E-state index contributed by atoms with van der Waals surface area (Å²) in [5.41, 5.74) is 0.669. The van der Waals surface area contributed by atoms with Crippen molar-refractivity contribution in [3.63, 3.8) is 0 Å². The Morgan fingerprint density at radius 3 is 2.70 bits per heavy atom. The smallest absolute Gasteiger partial charge is 0.147 e. The molecule has 0 spiro atoms. The van der Waals surface area contributed by atoms with E-state index in [1.54, 1.807) is 35.4 Å². The minimum absolute atomic E-state index is 0.542. The zero-order chi connectivity index (χ0) is 14.4. The van der Waals surface area contributed by atoms with Crippen molar-refractivity contribution in [2.24, 2.45) is 0 Å². The van der Waals surface area contributed by atoms with Crippen molar-refractivity contribution in [3.8, 4) is 0 Å². The van der Waals surface area contributed by atoms with Crippen LogP contribution in [0.5, 0.6) is 0 Å². The molecule has 106 valence electrons. The number of benzene rings is 1. The van der Waals surface area contributed by atoms with Gasteiger partial charge in [-0.2, -0.15) is 5.10 Å². The molecule has 2 rings (SSSR count). The lowest BCUT2D eigenvalue weighted by atomic mass is 10.2. The molecule has 0 fully saturated rings. The Hall–Kier alpha value is -1.52. The number of aromatic nitrogens is 3. The second-order valence-corrected chi connectivity index (χ2v) is 4.98. The summed E-state index contributed by atoms with van der Waals surface area (Å²) >= 11 is 12.5. The molecule has 0 aliphatic heterocycles. The molecule has 1 heterocycles. The Morgan fingerprint density at radius 1 is 1.35 bits per heavy atom. The van der Waals surface area contributed by atoms with E-state index in [4.69, 9.17) is 27.9 Å². The van der Waals surface area contributed by atoms with Crippen LogP contribution in [0.25, 0.3) is 12.0 Å². The maximum Gasteiger partial charge on any atom is 0.147 e. The molecule has 1 aromatic heterocycles. The summed E-state index contributed by atoms with van der Waals surface area (Å²) < 4.78 is 7.36. The average molecular weight is 312 g/mol.